The minimum absolute atomic E-state index is 0.325. The summed E-state index contributed by atoms with van der Waals surface area (Å²) in [6.45, 7) is 2.14. The van der Waals surface area contributed by atoms with Gasteiger partial charge in [0, 0.05) is 24.3 Å². The monoisotopic (exact) mass is 610 g/mol. The van der Waals surface area contributed by atoms with Crippen molar-refractivity contribution in [3.8, 4) is 32.6 Å². The summed E-state index contributed by atoms with van der Waals surface area (Å²) in [6, 6.07) is 16.3. The number of hydrogen-bond acceptors (Lipinski definition) is 7. The molecule has 0 atom stereocenters. The molecule has 0 bridgehead atoms. The van der Waals surface area contributed by atoms with Gasteiger partial charge in [-0.15, -0.1) is 10.2 Å². The molecule has 0 fully saturated rings. The van der Waals surface area contributed by atoms with Crippen LogP contribution in [-0.2, 0) is 0 Å². The third-order valence-corrected chi connectivity index (χ3v) is 8.77. The number of unbranched alkanes of at least 4 members (excludes halogenated alkanes) is 16. The quantitative estimate of drug-likeness (QED) is 0.0881. The average molecular weight is 611 g/mol. The van der Waals surface area contributed by atoms with Gasteiger partial charge in [-0.25, -0.2) is 0 Å². The van der Waals surface area contributed by atoms with Crippen molar-refractivity contribution >= 4 is 11.3 Å². The number of benzene rings is 2. The molecule has 0 saturated carbocycles. The number of hydrogen-bond donors (Lipinski definition) is 2. The second-order valence-electron chi connectivity index (χ2n) is 11.5. The van der Waals surface area contributed by atoms with Crippen LogP contribution in [0.4, 0.5) is 0 Å². The first-order valence-corrected chi connectivity index (χ1v) is 17.6. The van der Waals surface area contributed by atoms with Gasteiger partial charge in [0.2, 0.25) is 0 Å². The largest absolute Gasteiger partial charge is 0.494 e. The van der Waals surface area contributed by atoms with E-state index in [1.807, 2.05) is 24.3 Å². The molecular weight excluding hydrogens is 556 g/mol. The van der Waals surface area contributed by atoms with E-state index >= 15 is 0 Å². The van der Waals surface area contributed by atoms with Crippen LogP contribution in [0, 0.1) is 0 Å². The minimum atomic E-state index is 0.325. The number of ether oxygens (including phenoxy) is 2. The molecule has 0 spiro atoms. The lowest BCUT2D eigenvalue weighted by Gasteiger charge is -2.07. The van der Waals surface area contributed by atoms with Crippen LogP contribution in [0.3, 0.4) is 0 Å². The lowest BCUT2D eigenvalue weighted by molar-refractivity contribution is 0.282. The van der Waals surface area contributed by atoms with Crippen molar-refractivity contribution < 1.29 is 19.7 Å². The maximum Gasteiger partial charge on any atom is 0.148 e. The van der Waals surface area contributed by atoms with Crippen LogP contribution in [0.15, 0.2) is 48.5 Å². The number of aliphatic hydroxyl groups is 2. The Kier molecular flexibility index (Phi) is 18.7. The van der Waals surface area contributed by atoms with Gasteiger partial charge in [-0.2, -0.15) is 0 Å². The average Bonchev–Trinajstić information content (AvgIpc) is 3.54. The van der Waals surface area contributed by atoms with Crippen molar-refractivity contribution in [1.82, 2.24) is 10.2 Å². The zero-order chi connectivity index (χ0) is 30.2. The van der Waals surface area contributed by atoms with E-state index in [0.29, 0.717) is 13.2 Å². The summed E-state index contributed by atoms with van der Waals surface area (Å²) in [6.07, 6.45) is 21.5. The van der Waals surface area contributed by atoms with E-state index in [-0.39, 0.29) is 0 Å². The third kappa shape index (κ3) is 15.2. The van der Waals surface area contributed by atoms with Gasteiger partial charge in [0.1, 0.15) is 21.5 Å². The molecule has 0 aliphatic rings. The van der Waals surface area contributed by atoms with E-state index in [2.05, 4.69) is 34.5 Å². The lowest BCUT2D eigenvalue weighted by atomic mass is 10.1. The Balaban J connectivity index is 1.30. The molecule has 1 heterocycles. The van der Waals surface area contributed by atoms with E-state index in [0.717, 1.165) is 84.4 Å². The molecule has 3 rings (SSSR count). The number of aromatic nitrogens is 2. The first kappa shape index (κ1) is 35.0. The molecule has 0 radical (unpaired) electrons. The molecule has 0 aliphatic carbocycles. The molecule has 7 heteroatoms. The summed E-state index contributed by atoms with van der Waals surface area (Å²) >= 11 is 1.59. The van der Waals surface area contributed by atoms with Gasteiger partial charge in [0.25, 0.3) is 0 Å². The van der Waals surface area contributed by atoms with Crippen LogP contribution < -0.4 is 9.47 Å². The Morgan fingerprint density at radius 1 is 0.465 bits per heavy atom. The van der Waals surface area contributed by atoms with Gasteiger partial charge in [-0.3, -0.25) is 0 Å². The predicted molar refractivity (Wildman–Crippen MR) is 179 cm³/mol. The lowest BCUT2D eigenvalue weighted by Crippen LogP contribution is -1.97. The van der Waals surface area contributed by atoms with E-state index in [4.69, 9.17) is 19.7 Å². The second-order valence-corrected chi connectivity index (χ2v) is 12.5. The number of aliphatic hydroxyl groups excluding tert-OH is 2. The van der Waals surface area contributed by atoms with Crippen molar-refractivity contribution in [2.75, 3.05) is 26.4 Å². The van der Waals surface area contributed by atoms with Crippen molar-refractivity contribution in [2.45, 2.75) is 116 Å². The molecule has 6 nitrogen and oxygen atoms in total. The fourth-order valence-corrected chi connectivity index (χ4v) is 6.00. The molecule has 2 N–H and O–H groups in total. The fraction of sp³-hybridized carbons (Fsp3) is 0.611. The van der Waals surface area contributed by atoms with Crippen LogP contribution >= 0.6 is 11.3 Å². The van der Waals surface area contributed by atoms with Crippen molar-refractivity contribution in [3.05, 3.63) is 48.5 Å². The maximum atomic E-state index is 8.83. The SMILES string of the molecule is OCCCCCCCCCCCOc1ccc(-c2nnc(-c3cccc(OCCCCCCCCCCCO)c3)s2)cc1. The Bertz CT molecular complexity index is 1090. The van der Waals surface area contributed by atoms with Gasteiger partial charge in [-0.1, -0.05) is 113 Å². The molecular formula is C36H54N2O4S. The minimum Gasteiger partial charge on any atom is -0.494 e. The zero-order valence-electron chi connectivity index (χ0n) is 26.2. The van der Waals surface area contributed by atoms with Crippen molar-refractivity contribution in [2.24, 2.45) is 0 Å². The Morgan fingerprint density at radius 2 is 0.907 bits per heavy atom. The summed E-state index contributed by atoms with van der Waals surface area (Å²) in [4.78, 5) is 0. The highest BCUT2D eigenvalue weighted by atomic mass is 32.1. The first-order chi connectivity index (χ1) is 21.3. The highest BCUT2D eigenvalue weighted by molar-refractivity contribution is 7.17. The van der Waals surface area contributed by atoms with E-state index < -0.39 is 0 Å². The molecule has 2 aromatic carbocycles. The van der Waals surface area contributed by atoms with E-state index in [1.165, 1.54) is 77.0 Å². The summed E-state index contributed by atoms with van der Waals surface area (Å²) in [7, 11) is 0. The Hall–Kier alpha value is -2.48. The van der Waals surface area contributed by atoms with Crippen molar-refractivity contribution in [1.29, 1.82) is 0 Å². The summed E-state index contributed by atoms with van der Waals surface area (Å²) < 4.78 is 12.0. The van der Waals surface area contributed by atoms with Gasteiger partial charge in [-0.05, 0) is 62.1 Å². The molecule has 3 aromatic rings. The fourth-order valence-electron chi connectivity index (χ4n) is 5.15. The molecule has 0 amide bonds. The van der Waals surface area contributed by atoms with Crippen LogP contribution in [0.1, 0.15) is 116 Å². The standard InChI is InChI=1S/C36H54N2O4S/c39-26-15-11-7-3-1-5-9-13-17-28-41-33-24-22-31(23-25-33)35-37-38-36(43-35)32-20-19-21-34(30-32)42-29-18-14-10-6-2-4-8-12-16-27-40/h19-25,30,39-40H,1-18,26-29H2. The third-order valence-electron chi connectivity index (χ3n) is 7.75. The highest BCUT2D eigenvalue weighted by Crippen LogP contribution is 2.32. The van der Waals surface area contributed by atoms with Crippen LogP contribution in [0.25, 0.3) is 21.1 Å². The van der Waals surface area contributed by atoms with Crippen LogP contribution in [0.5, 0.6) is 11.5 Å². The van der Waals surface area contributed by atoms with E-state index in [9.17, 15) is 0 Å². The van der Waals surface area contributed by atoms with Crippen LogP contribution in [-0.4, -0.2) is 46.8 Å². The smallest absolute Gasteiger partial charge is 0.148 e. The Labute approximate surface area is 263 Å². The van der Waals surface area contributed by atoms with Gasteiger partial charge in [0.05, 0.1) is 13.2 Å². The predicted octanol–water partition coefficient (Wildman–Crippen LogP) is 9.64. The topological polar surface area (TPSA) is 84.7 Å². The summed E-state index contributed by atoms with van der Waals surface area (Å²) in [5.41, 5.74) is 2.08. The number of nitrogens with zero attached hydrogens (tertiary/aromatic N) is 2. The zero-order valence-corrected chi connectivity index (χ0v) is 27.0. The molecule has 1 aromatic heterocycles. The second kappa shape index (κ2) is 23.0. The van der Waals surface area contributed by atoms with Crippen molar-refractivity contribution in [3.63, 3.8) is 0 Å². The number of rotatable bonds is 26. The summed E-state index contributed by atoms with van der Waals surface area (Å²) in [5.74, 6) is 1.78. The first-order valence-electron chi connectivity index (χ1n) is 16.8. The Morgan fingerprint density at radius 3 is 1.42 bits per heavy atom. The van der Waals surface area contributed by atoms with Gasteiger partial charge >= 0.3 is 0 Å². The summed E-state index contributed by atoms with van der Waals surface area (Å²) in [5, 5.41) is 28.4. The molecule has 0 unspecified atom stereocenters. The molecule has 43 heavy (non-hydrogen) atoms. The maximum absolute atomic E-state index is 8.83. The molecule has 0 aliphatic heterocycles. The normalized spacial score (nSPS) is 11.2. The van der Waals surface area contributed by atoms with E-state index in [1.54, 1.807) is 11.3 Å². The molecule has 238 valence electrons. The van der Waals surface area contributed by atoms with Gasteiger partial charge < -0.3 is 19.7 Å². The highest BCUT2D eigenvalue weighted by Gasteiger charge is 2.10. The van der Waals surface area contributed by atoms with Gasteiger partial charge in [0.15, 0.2) is 0 Å². The molecule has 0 saturated heterocycles. The van der Waals surface area contributed by atoms with Crippen LogP contribution in [0.2, 0.25) is 0 Å².